The van der Waals surface area contributed by atoms with E-state index in [1.807, 2.05) is 18.2 Å². The molecule has 2 aromatic rings. The Morgan fingerprint density at radius 2 is 2.11 bits per heavy atom. The summed E-state index contributed by atoms with van der Waals surface area (Å²) in [7, 11) is 0. The Labute approximate surface area is 119 Å². The fourth-order valence-electron chi connectivity index (χ4n) is 2.58. The maximum absolute atomic E-state index is 14.1. The summed E-state index contributed by atoms with van der Waals surface area (Å²) >= 11 is 3.43. The highest BCUT2D eigenvalue weighted by molar-refractivity contribution is 9.10. The molecule has 0 saturated carbocycles. The van der Waals surface area contributed by atoms with E-state index in [4.69, 9.17) is 0 Å². The molecule has 0 aliphatic carbocycles. The number of aryl methyl sites for hydroxylation is 1. The van der Waals surface area contributed by atoms with E-state index in [1.54, 1.807) is 13.0 Å². The molecule has 1 heterocycles. The van der Waals surface area contributed by atoms with E-state index in [0.717, 1.165) is 21.3 Å². The number of phenols is 1. The van der Waals surface area contributed by atoms with Crippen LogP contribution in [0.1, 0.15) is 22.7 Å². The Kier molecular flexibility index (Phi) is 2.97. The number of anilines is 1. The normalized spacial score (nSPS) is 17.1. The summed E-state index contributed by atoms with van der Waals surface area (Å²) in [6.45, 7) is 1.76. The van der Waals surface area contributed by atoms with Crippen LogP contribution in [-0.2, 0) is 6.42 Å². The molecule has 0 amide bonds. The monoisotopic (exact) mass is 321 g/mol. The number of benzene rings is 2. The van der Waals surface area contributed by atoms with Crippen molar-refractivity contribution in [3.8, 4) is 5.75 Å². The van der Waals surface area contributed by atoms with Crippen LogP contribution in [0.4, 0.5) is 10.1 Å². The summed E-state index contributed by atoms with van der Waals surface area (Å²) in [4.78, 5) is 0. The Morgan fingerprint density at radius 3 is 2.84 bits per heavy atom. The lowest BCUT2D eigenvalue weighted by atomic mass is 10.00. The summed E-state index contributed by atoms with van der Waals surface area (Å²) < 4.78 is 15.1. The van der Waals surface area contributed by atoms with Crippen LogP contribution in [0.15, 0.2) is 34.8 Å². The molecule has 1 unspecified atom stereocenters. The lowest BCUT2D eigenvalue weighted by molar-refractivity contribution is 0.452. The van der Waals surface area contributed by atoms with E-state index in [2.05, 4.69) is 21.2 Å². The average molecular weight is 322 g/mol. The summed E-state index contributed by atoms with van der Waals surface area (Å²) in [6, 6.07) is 8.76. The molecule has 3 rings (SSSR count). The number of halogens is 2. The first-order chi connectivity index (χ1) is 9.04. The molecule has 2 N–H and O–H groups in total. The second-order valence-corrected chi connectivity index (χ2v) is 5.80. The number of aromatic hydroxyl groups is 1. The van der Waals surface area contributed by atoms with Crippen LogP contribution < -0.4 is 5.32 Å². The van der Waals surface area contributed by atoms with Gasteiger partial charge in [0.2, 0.25) is 0 Å². The van der Waals surface area contributed by atoms with Gasteiger partial charge in [-0.05, 0) is 54.8 Å². The summed E-state index contributed by atoms with van der Waals surface area (Å²) in [6.07, 6.45) is 0.669. The highest BCUT2D eigenvalue weighted by Gasteiger charge is 2.27. The van der Waals surface area contributed by atoms with Crippen molar-refractivity contribution in [2.24, 2.45) is 0 Å². The first-order valence-electron chi connectivity index (χ1n) is 6.08. The molecule has 0 aromatic heterocycles. The van der Waals surface area contributed by atoms with Gasteiger partial charge in [-0.25, -0.2) is 4.39 Å². The van der Waals surface area contributed by atoms with Crippen molar-refractivity contribution in [3.05, 3.63) is 57.3 Å². The Bertz CT molecular complexity index is 634. The van der Waals surface area contributed by atoms with Crippen molar-refractivity contribution >= 4 is 21.6 Å². The van der Waals surface area contributed by atoms with Gasteiger partial charge in [-0.1, -0.05) is 15.9 Å². The van der Waals surface area contributed by atoms with Crippen LogP contribution in [0.25, 0.3) is 0 Å². The Morgan fingerprint density at radius 1 is 1.32 bits per heavy atom. The third-order valence-electron chi connectivity index (χ3n) is 3.42. The van der Waals surface area contributed by atoms with Crippen LogP contribution in [0, 0.1) is 12.7 Å². The predicted molar refractivity (Wildman–Crippen MR) is 77.0 cm³/mol. The summed E-state index contributed by atoms with van der Waals surface area (Å²) in [5.41, 5.74) is 3.18. The van der Waals surface area contributed by atoms with Gasteiger partial charge in [-0.2, -0.15) is 0 Å². The lowest BCUT2D eigenvalue weighted by Crippen LogP contribution is -2.08. The van der Waals surface area contributed by atoms with Crippen molar-refractivity contribution in [2.75, 3.05) is 5.32 Å². The Hall–Kier alpha value is -1.55. The molecule has 4 heteroatoms. The van der Waals surface area contributed by atoms with Gasteiger partial charge in [0.1, 0.15) is 11.6 Å². The molecule has 98 valence electrons. The fourth-order valence-corrected chi connectivity index (χ4v) is 2.99. The van der Waals surface area contributed by atoms with Gasteiger partial charge in [-0.3, -0.25) is 0 Å². The van der Waals surface area contributed by atoms with Crippen molar-refractivity contribution in [1.82, 2.24) is 0 Å². The molecule has 0 bridgehead atoms. The molecule has 1 aliphatic heterocycles. The van der Waals surface area contributed by atoms with Crippen LogP contribution in [0.2, 0.25) is 0 Å². The molecule has 2 aromatic carbocycles. The van der Waals surface area contributed by atoms with Crippen LogP contribution in [0.3, 0.4) is 0 Å². The van der Waals surface area contributed by atoms with E-state index in [9.17, 15) is 9.50 Å². The molecule has 19 heavy (non-hydrogen) atoms. The van der Waals surface area contributed by atoms with Gasteiger partial charge in [-0.15, -0.1) is 0 Å². The maximum atomic E-state index is 14.1. The number of hydrogen-bond acceptors (Lipinski definition) is 2. The maximum Gasteiger partial charge on any atom is 0.132 e. The van der Waals surface area contributed by atoms with E-state index in [-0.39, 0.29) is 17.6 Å². The van der Waals surface area contributed by atoms with Gasteiger partial charge < -0.3 is 10.4 Å². The molecule has 0 radical (unpaired) electrons. The number of fused-ring (bicyclic) bond motifs is 1. The van der Waals surface area contributed by atoms with Gasteiger partial charge in [0.15, 0.2) is 0 Å². The second-order valence-electron chi connectivity index (χ2n) is 4.88. The average Bonchev–Trinajstić information content (AvgIpc) is 2.69. The van der Waals surface area contributed by atoms with Gasteiger partial charge in [0, 0.05) is 10.2 Å². The summed E-state index contributed by atoms with van der Waals surface area (Å²) in [5.74, 6) is -0.344. The van der Waals surface area contributed by atoms with Crippen LogP contribution in [-0.4, -0.2) is 5.11 Å². The van der Waals surface area contributed by atoms with Crippen molar-refractivity contribution in [3.63, 3.8) is 0 Å². The van der Waals surface area contributed by atoms with Crippen molar-refractivity contribution in [2.45, 2.75) is 19.4 Å². The molecule has 0 fully saturated rings. The summed E-state index contributed by atoms with van der Waals surface area (Å²) in [5, 5.41) is 13.2. The highest BCUT2D eigenvalue weighted by atomic mass is 79.9. The third kappa shape index (κ3) is 2.21. The van der Waals surface area contributed by atoms with Gasteiger partial charge >= 0.3 is 0 Å². The van der Waals surface area contributed by atoms with Crippen LogP contribution >= 0.6 is 15.9 Å². The van der Waals surface area contributed by atoms with E-state index >= 15 is 0 Å². The molecule has 0 spiro atoms. The fraction of sp³-hybridized carbons (Fsp3) is 0.200. The van der Waals surface area contributed by atoms with Crippen molar-refractivity contribution in [1.29, 1.82) is 0 Å². The number of hydrogen-bond donors (Lipinski definition) is 2. The minimum absolute atomic E-state index is 0.0156. The van der Waals surface area contributed by atoms with Crippen LogP contribution in [0.5, 0.6) is 5.75 Å². The second kappa shape index (κ2) is 4.53. The molecular formula is C15H13BrFNO. The van der Waals surface area contributed by atoms with E-state index in [1.165, 1.54) is 6.07 Å². The molecule has 1 aliphatic rings. The third-order valence-corrected chi connectivity index (χ3v) is 3.91. The molecular weight excluding hydrogens is 309 g/mol. The predicted octanol–water partition coefficient (Wildman–Crippen LogP) is 4.31. The zero-order valence-electron chi connectivity index (χ0n) is 10.4. The largest absolute Gasteiger partial charge is 0.507 e. The van der Waals surface area contributed by atoms with Gasteiger partial charge in [0.05, 0.1) is 11.6 Å². The minimum Gasteiger partial charge on any atom is -0.507 e. The van der Waals surface area contributed by atoms with Crippen molar-refractivity contribution < 1.29 is 9.50 Å². The molecule has 1 atom stereocenters. The number of phenolic OH excluding ortho intramolecular Hbond substituents is 1. The molecule has 0 saturated heterocycles. The first kappa shape index (κ1) is 12.5. The quantitative estimate of drug-likeness (QED) is 0.820. The minimum atomic E-state index is -0.359. The van der Waals surface area contributed by atoms with Gasteiger partial charge in [0.25, 0.3) is 0 Å². The SMILES string of the molecule is Cc1cc(O)c(C2Cc3cc(Br)ccc3N2)c(F)c1. The standard InChI is InChI=1S/C15H13BrFNO/c1-8-4-11(17)15(14(19)5-8)13-7-9-6-10(16)2-3-12(9)18-13/h2-6,13,18-19H,7H2,1H3. The lowest BCUT2D eigenvalue weighted by Gasteiger charge is -2.15. The first-order valence-corrected chi connectivity index (χ1v) is 6.88. The van der Waals surface area contributed by atoms with E-state index < -0.39 is 0 Å². The smallest absolute Gasteiger partial charge is 0.132 e. The Balaban J connectivity index is 1.99. The zero-order valence-corrected chi connectivity index (χ0v) is 12.0. The highest BCUT2D eigenvalue weighted by Crippen LogP contribution is 2.39. The number of nitrogens with one attached hydrogen (secondary N) is 1. The van der Waals surface area contributed by atoms with E-state index in [0.29, 0.717) is 12.0 Å². The zero-order chi connectivity index (χ0) is 13.6. The molecule has 2 nitrogen and oxygen atoms in total. The topological polar surface area (TPSA) is 32.3 Å². The number of rotatable bonds is 1.